The molecule has 2 aliphatic heterocycles. The van der Waals surface area contributed by atoms with E-state index >= 15 is 4.39 Å². The van der Waals surface area contributed by atoms with Crippen molar-refractivity contribution < 1.29 is 23.9 Å². The van der Waals surface area contributed by atoms with Gasteiger partial charge in [-0.3, -0.25) is 9.78 Å². The summed E-state index contributed by atoms with van der Waals surface area (Å²) in [4.78, 5) is 36.4. The molecule has 10 heteroatoms. The van der Waals surface area contributed by atoms with E-state index in [-0.39, 0.29) is 40.5 Å². The van der Waals surface area contributed by atoms with E-state index < -0.39 is 17.2 Å². The van der Waals surface area contributed by atoms with Crippen LogP contribution in [0.2, 0.25) is 0 Å². The number of carboxylic acids is 1. The van der Waals surface area contributed by atoms with E-state index in [4.69, 9.17) is 9.57 Å². The Morgan fingerprint density at radius 1 is 1.29 bits per heavy atom. The van der Waals surface area contributed by atoms with Crippen molar-refractivity contribution in [3.8, 4) is 5.75 Å². The molecule has 2 aromatic heterocycles. The Morgan fingerprint density at radius 2 is 2.12 bits per heavy atom. The van der Waals surface area contributed by atoms with Crippen LogP contribution < -0.4 is 15.1 Å². The second-order valence-corrected chi connectivity index (χ2v) is 8.80. The van der Waals surface area contributed by atoms with Crippen LogP contribution in [0.3, 0.4) is 0 Å². The van der Waals surface area contributed by atoms with E-state index in [9.17, 15) is 14.7 Å². The molecule has 2 fully saturated rings. The van der Waals surface area contributed by atoms with Gasteiger partial charge in [0.25, 0.3) is 0 Å². The second kappa shape index (κ2) is 7.54. The summed E-state index contributed by atoms with van der Waals surface area (Å²) in [6.07, 6.45) is 4.46. The van der Waals surface area contributed by atoms with Gasteiger partial charge in [0.1, 0.15) is 17.0 Å². The number of hydrogen-bond acceptors (Lipinski definition) is 7. The summed E-state index contributed by atoms with van der Waals surface area (Å²) >= 11 is 0. The maximum absolute atomic E-state index is 15.6. The average molecular weight is 464 g/mol. The molecule has 1 saturated heterocycles. The van der Waals surface area contributed by atoms with Crippen molar-refractivity contribution in [1.29, 1.82) is 0 Å². The van der Waals surface area contributed by atoms with Crippen LogP contribution in [0.15, 0.2) is 46.6 Å². The molecule has 1 aliphatic carbocycles. The lowest BCUT2D eigenvalue weighted by molar-refractivity contribution is 0.0694. The van der Waals surface area contributed by atoms with Crippen LogP contribution in [0.4, 0.5) is 10.1 Å². The van der Waals surface area contributed by atoms with Crippen molar-refractivity contribution in [2.24, 2.45) is 11.1 Å². The summed E-state index contributed by atoms with van der Waals surface area (Å²) in [5.74, 6) is -1.87. The third-order valence-electron chi connectivity index (χ3n) is 6.72. The Balaban J connectivity index is 1.47. The number of benzene rings is 1. The molecule has 0 unspecified atom stereocenters. The number of rotatable bonds is 5. The van der Waals surface area contributed by atoms with Crippen LogP contribution in [0, 0.1) is 11.7 Å². The second-order valence-electron chi connectivity index (χ2n) is 8.80. The number of carboxylic acid groups (broad SMARTS) is 1. The molecule has 1 aromatic carbocycles. The Hall–Kier alpha value is -3.95. The molecule has 1 N–H and O–H groups in total. The molecule has 0 spiro atoms. The minimum Gasteiger partial charge on any atom is -0.492 e. The number of aromatic carboxylic acids is 1. The summed E-state index contributed by atoms with van der Waals surface area (Å²) in [6, 6.07) is 6.72. The summed E-state index contributed by atoms with van der Waals surface area (Å²) in [5, 5.41) is 13.7. The molecule has 3 aliphatic rings. The van der Waals surface area contributed by atoms with Gasteiger partial charge in [-0.15, -0.1) is 0 Å². The van der Waals surface area contributed by atoms with Crippen molar-refractivity contribution in [2.45, 2.75) is 25.0 Å². The number of methoxy groups -OCH3 is 1. The first-order chi connectivity index (χ1) is 16.5. The third kappa shape index (κ3) is 3.05. The van der Waals surface area contributed by atoms with E-state index in [0.29, 0.717) is 30.0 Å². The van der Waals surface area contributed by atoms with Gasteiger partial charge in [-0.05, 0) is 31.0 Å². The first-order valence-corrected chi connectivity index (χ1v) is 11.1. The molecule has 34 heavy (non-hydrogen) atoms. The van der Waals surface area contributed by atoms with Gasteiger partial charge in [0.05, 0.1) is 36.2 Å². The van der Waals surface area contributed by atoms with Crippen LogP contribution in [-0.4, -0.2) is 52.6 Å². The van der Waals surface area contributed by atoms with E-state index in [1.165, 1.54) is 13.3 Å². The molecule has 6 rings (SSSR count). The molecule has 4 heterocycles. The highest BCUT2D eigenvalue weighted by molar-refractivity contribution is 6.02. The van der Waals surface area contributed by atoms with E-state index in [0.717, 1.165) is 18.9 Å². The molecule has 0 bridgehead atoms. The van der Waals surface area contributed by atoms with E-state index in [1.807, 2.05) is 23.1 Å². The zero-order valence-electron chi connectivity index (χ0n) is 18.3. The first-order valence-electron chi connectivity index (χ1n) is 11.1. The van der Waals surface area contributed by atoms with Crippen molar-refractivity contribution in [3.63, 3.8) is 0 Å². The quantitative estimate of drug-likeness (QED) is 0.619. The lowest BCUT2D eigenvalue weighted by Gasteiger charge is -2.25. The molecular weight excluding hydrogens is 443 g/mol. The predicted molar refractivity (Wildman–Crippen MR) is 121 cm³/mol. The van der Waals surface area contributed by atoms with Crippen LogP contribution in [0.5, 0.6) is 5.75 Å². The number of fused-ring (bicyclic) bond motifs is 2. The van der Waals surface area contributed by atoms with Crippen LogP contribution in [0.1, 0.15) is 34.9 Å². The number of nitrogens with zero attached hydrogens (tertiary/aromatic N) is 4. The summed E-state index contributed by atoms with van der Waals surface area (Å²) < 4.78 is 23.0. The van der Waals surface area contributed by atoms with Gasteiger partial charge in [0.2, 0.25) is 5.43 Å². The Labute approximate surface area is 193 Å². The highest BCUT2D eigenvalue weighted by atomic mass is 19.1. The molecule has 174 valence electrons. The highest BCUT2D eigenvalue weighted by Gasteiger charge is 2.45. The smallest absolute Gasteiger partial charge is 0.341 e. The standard InChI is InChI=1S/C24H21FN4O5/c1-33-23-20-13(22(30)15(24(31)32)10-29(20)12-5-6-12)8-16(25)21(23)28-9-14-18(11-28)34-27-19(14)17-4-2-3-7-26-17/h2-4,7-8,10,12,14,18H,5-6,9,11H2,1H3,(H,31,32)/t14-,18+/m1/s1. The lowest BCUT2D eigenvalue weighted by atomic mass is 9.98. The fourth-order valence-corrected chi connectivity index (χ4v) is 4.99. The van der Waals surface area contributed by atoms with Gasteiger partial charge in [-0.25, -0.2) is 9.18 Å². The molecule has 3 aromatic rings. The number of pyridine rings is 2. The van der Waals surface area contributed by atoms with Crippen molar-refractivity contribution >= 4 is 28.3 Å². The van der Waals surface area contributed by atoms with Gasteiger partial charge >= 0.3 is 5.97 Å². The number of anilines is 1. The molecule has 1 saturated carbocycles. The zero-order valence-corrected chi connectivity index (χ0v) is 18.3. The SMILES string of the molecule is COc1c(N2C[C@@H]3ON=C(c4ccccn4)[C@@H]3C2)c(F)cc2c(=O)c(C(=O)O)cn(C3CC3)c12. The normalized spacial score (nSPS) is 21.4. The first kappa shape index (κ1) is 20.6. The molecule has 9 nitrogen and oxygen atoms in total. The Morgan fingerprint density at radius 3 is 2.79 bits per heavy atom. The average Bonchev–Trinajstić information content (AvgIpc) is 3.47. The molecule has 0 radical (unpaired) electrons. The van der Waals surface area contributed by atoms with Crippen molar-refractivity contribution in [2.75, 3.05) is 25.1 Å². The Bertz CT molecular complexity index is 1420. The summed E-state index contributed by atoms with van der Waals surface area (Å²) in [5.41, 5.74) is 0.960. The monoisotopic (exact) mass is 464 g/mol. The topological polar surface area (TPSA) is 106 Å². The van der Waals surface area contributed by atoms with Gasteiger partial charge in [0.15, 0.2) is 17.7 Å². The fraction of sp³-hybridized carbons (Fsp3) is 0.333. The molecule has 2 atom stereocenters. The number of halogens is 1. The van der Waals surface area contributed by atoms with E-state index in [2.05, 4.69) is 10.1 Å². The third-order valence-corrected chi connectivity index (χ3v) is 6.72. The van der Waals surface area contributed by atoms with Crippen LogP contribution in [-0.2, 0) is 4.84 Å². The number of ether oxygens (including phenoxy) is 1. The zero-order chi connectivity index (χ0) is 23.6. The summed E-state index contributed by atoms with van der Waals surface area (Å²) in [6.45, 7) is 0.809. The number of hydrogen-bond donors (Lipinski definition) is 1. The van der Waals surface area contributed by atoms with Crippen LogP contribution in [0.25, 0.3) is 10.9 Å². The van der Waals surface area contributed by atoms with Crippen LogP contribution >= 0.6 is 0 Å². The van der Waals surface area contributed by atoms with Gasteiger partial charge in [-0.1, -0.05) is 11.2 Å². The molecular formula is C24H21FN4O5. The lowest BCUT2D eigenvalue weighted by Crippen LogP contribution is -2.26. The molecule has 0 amide bonds. The fourth-order valence-electron chi connectivity index (χ4n) is 4.99. The van der Waals surface area contributed by atoms with Gasteiger partial charge in [-0.2, -0.15) is 0 Å². The predicted octanol–water partition coefficient (Wildman–Crippen LogP) is 2.82. The van der Waals surface area contributed by atoms with Crippen molar-refractivity contribution in [1.82, 2.24) is 9.55 Å². The highest BCUT2D eigenvalue weighted by Crippen LogP contribution is 2.45. The minimum absolute atomic E-state index is 0.00345. The maximum Gasteiger partial charge on any atom is 0.341 e. The van der Waals surface area contributed by atoms with Gasteiger partial charge < -0.3 is 24.1 Å². The Kier molecular flexibility index (Phi) is 4.58. The maximum atomic E-state index is 15.6. The largest absolute Gasteiger partial charge is 0.492 e. The van der Waals surface area contributed by atoms with Gasteiger partial charge in [0, 0.05) is 25.0 Å². The number of aromatic nitrogens is 2. The number of oxime groups is 1. The van der Waals surface area contributed by atoms with Crippen molar-refractivity contribution in [3.05, 3.63) is 64.0 Å². The summed E-state index contributed by atoms with van der Waals surface area (Å²) in [7, 11) is 1.43. The van der Waals surface area contributed by atoms with E-state index in [1.54, 1.807) is 10.8 Å². The minimum atomic E-state index is -1.34. The number of carbonyl (C=O) groups is 1.